The first kappa shape index (κ1) is 9.05. The Hall–Kier alpha value is -1.04. The smallest absolute Gasteiger partial charge is 0.0228 e. The van der Waals surface area contributed by atoms with Gasteiger partial charge in [0.15, 0.2) is 0 Å². The minimum Gasteiger partial charge on any atom is -0.0985 e. The Morgan fingerprint density at radius 2 is 2.00 bits per heavy atom. The third kappa shape index (κ3) is 1.76. The van der Waals surface area contributed by atoms with Gasteiger partial charge < -0.3 is 0 Å². The lowest BCUT2D eigenvalue weighted by atomic mass is 10.0. The highest BCUT2D eigenvalue weighted by Gasteiger charge is 1.97. The quantitative estimate of drug-likeness (QED) is 0.635. The summed E-state index contributed by atoms with van der Waals surface area (Å²) in [6, 6.07) is 6.63. The van der Waals surface area contributed by atoms with Gasteiger partial charge >= 0.3 is 0 Å². The van der Waals surface area contributed by atoms with Gasteiger partial charge in [-0.25, -0.2) is 0 Å². The summed E-state index contributed by atoms with van der Waals surface area (Å²) < 4.78 is 0. The van der Waals surface area contributed by atoms with Crippen LogP contribution in [-0.4, -0.2) is 0 Å². The van der Waals surface area contributed by atoms with E-state index in [0.717, 1.165) is 12.8 Å². The number of rotatable bonds is 3. The van der Waals surface area contributed by atoms with Crippen molar-refractivity contribution in [2.24, 2.45) is 0 Å². The van der Waals surface area contributed by atoms with Gasteiger partial charge in [0.2, 0.25) is 0 Å². The van der Waals surface area contributed by atoms with Gasteiger partial charge in [-0.05, 0) is 29.5 Å². The van der Waals surface area contributed by atoms with Crippen LogP contribution in [-0.2, 0) is 12.8 Å². The Kier molecular flexibility index (Phi) is 3.09. The van der Waals surface area contributed by atoms with Crippen LogP contribution in [0, 0.1) is 0 Å². The molecule has 1 aromatic rings. The molecule has 1 aromatic carbocycles. The minimum absolute atomic E-state index is 1.09. The molecule has 0 atom stereocenters. The van der Waals surface area contributed by atoms with Crippen LogP contribution in [0.1, 0.15) is 30.5 Å². The van der Waals surface area contributed by atoms with E-state index in [0.29, 0.717) is 0 Å². The van der Waals surface area contributed by atoms with Gasteiger partial charge in [-0.15, -0.1) is 0 Å². The second-order valence-electron chi connectivity index (χ2n) is 2.94. The molecule has 0 heteroatoms. The van der Waals surface area contributed by atoms with Crippen molar-refractivity contribution in [2.75, 3.05) is 0 Å². The Labute approximate surface area is 74.9 Å². The SMILES string of the molecule is C=Cc1cc(CC)ccc1CC. The molecule has 0 aliphatic rings. The number of hydrogen-bond donors (Lipinski definition) is 0. The standard InChI is InChI=1S/C12H16/c1-4-10-7-8-11(5-2)12(6-3)9-10/h6-9H,3-5H2,1-2H3. The maximum absolute atomic E-state index is 3.81. The molecule has 0 saturated heterocycles. The van der Waals surface area contributed by atoms with Crippen molar-refractivity contribution in [2.45, 2.75) is 26.7 Å². The molecule has 0 radical (unpaired) electrons. The van der Waals surface area contributed by atoms with Crippen LogP contribution < -0.4 is 0 Å². The predicted octanol–water partition coefficient (Wildman–Crippen LogP) is 3.45. The molecule has 0 amide bonds. The average molecular weight is 160 g/mol. The lowest BCUT2D eigenvalue weighted by molar-refractivity contribution is 1.09. The Morgan fingerprint density at radius 1 is 1.25 bits per heavy atom. The van der Waals surface area contributed by atoms with Gasteiger partial charge in [0, 0.05) is 0 Å². The van der Waals surface area contributed by atoms with Gasteiger partial charge in [-0.3, -0.25) is 0 Å². The predicted molar refractivity (Wildman–Crippen MR) is 55.3 cm³/mol. The molecular formula is C12H16. The van der Waals surface area contributed by atoms with E-state index in [2.05, 4.69) is 38.6 Å². The number of aryl methyl sites for hydroxylation is 2. The zero-order chi connectivity index (χ0) is 8.97. The molecule has 0 aliphatic heterocycles. The third-order valence-corrected chi connectivity index (χ3v) is 2.22. The molecule has 0 heterocycles. The fraction of sp³-hybridized carbons (Fsp3) is 0.333. The Bertz CT molecular complexity index is 271. The van der Waals surface area contributed by atoms with Crippen molar-refractivity contribution in [3.8, 4) is 0 Å². The van der Waals surface area contributed by atoms with E-state index in [9.17, 15) is 0 Å². The lowest BCUT2D eigenvalue weighted by Gasteiger charge is -2.04. The summed E-state index contributed by atoms with van der Waals surface area (Å²) in [6.07, 6.45) is 4.13. The van der Waals surface area contributed by atoms with Crippen LogP contribution in [0.25, 0.3) is 6.08 Å². The molecule has 0 aromatic heterocycles. The highest BCUT2D eigenvalue weighted by molar-refractivity contribution is 5.53. The summed E-state index contributed by atoms with van der Waals surface area (Å²) in [5.41, 5.74) is 4.07. The molecule has 1 rings (SSSR count). The first-order valence-electron chi connectivity index (χ1n) is 4.56. The molecule has 0 aliphatic carbocycles. The van der Waals surface area contributed by atoms with Crippen LogP contribution in [0.4, 0.5) is 0 Å². The van der Waals surface area contributed by atoms with Gasteiger partial charge in [0.1, 0.15) is 0 Å². The number of benzene rings is 1. The summed E-state index contributed by atoms with van der Waals surface area (Å²) in [5, 5.41) is 0. The summed E-state index contributed by atoms with van der Waals surface area (Å²) in [6.45, 7) is 8.16. The van der Waals surface area contributed by atoms with E-state index in [1.165, 1.54) is 16.7 Å². The monoisotopic (exact) mass is 160 g/mol. The summed E-state index contributed by atoms with van der Waals surface area (Å²) in [7, 11) is 0. The zero-order valence-corrected chi connectivity index (χ0v) is 7.93. The highest BCUT2D eigenvalue weighted by Crippen LogP contribution is 2.14. The van der Waals surface area contributed by atoms with E-state index >= 15 is 0 Å². The molecular weight excluding hydrogens is 144 g/mol. The van der Waals surface area contributed by atoms with Crippen molar-refractivity contribution in [1.82, 2.24) is 0 Å². The second kappa shape index (κ2) is 4.10. The third-order valence-electron chi connectivity index (χ3n) is 2.22. The fourth-order valence-electron chi connectivity index (χ4n) is 1.38. The molecule has 0 unspecified atom stereocenters. The normalized spacial score (nSPS) is 9.83. The van der Waals surface area contributed by atoms with Crippen LogP contribution in [0.5, 0.6) is 0 Å². The Balaban J connectivity index is 3.10. The van der Waals surface area contributed by atoms with E-state index in [1.807, 2.05) is 6.08 Å². The van der Waals surface area contributed by atoms with Crippen molar-refractivity contribution in [1.29, 1.82) is 0 Å². The summed E-state index contributed by atoms with van der Waals surface area (Å²) in [5.74, 6) is 0. The first-order chi connectivity index (χ1) is 5.81. The van der Waals surface area contributed by atoms with Crippen LogP contribution >= 0.6 is 0 Å². The van der Waals surface area contributed by atoms with Gasteiger partial charge in [0.25, 0.3) is 0 Å². The average Bonchev–Trinajstić information content (AvgIpc) is 2.16. The van der Waals surface area contributed by atoms with Gasteiger partial charge in [0.05, 0.1) is 0 Å². The maximum Gasteiger partial charge on any atom is -0.0228 e. The summed E-state index contributed by atoms with van der Waals surface area (Å²) in [4.78, 5) is 0. The summed E-state index contributed by atoms with van der Waals surface area (Å²) >= 11 is 0. The molecule has 0 nitrogen and oxygen atoms in total. The van der Waals surface area contributed by atoms with Crippen LogP contribution in [0.15, 0.2) is 24.8 Å². The molecule has 0 fully saturated rings. The Morgan fingerprint density at radius 3 is 2.50 bits per heavy atom. The zero-order valence-electron chi connectivity index (χ0n) is 7.93. The van der Waals surface area contributed by atoms with E-state index < -0.39 is 0 Å². The minimum atomic E-state index is 1.09. The van der Waals surface area contributed by atoms with Crippen molar-refractivity contribution in [3.63, 3.8) is 0 Å². The molecule has 0 saturated carbocycles. The highest BCUT2D eigenvalue weighted by atomic mass is 14.0. The fourth-order valence-corrected chi connectivity index (χ4v) is 1.38. The van der Waals surface area contributed by atoms with Crippen LogP contribution in [0.3, 0.4) is 0 Å². The molecule has 0 N–H and O–H groups in total. The van der Waals surface area contributed by atoms with Crippen molar-refractivity contribution in [3.05, 3.63) is 41.5 Å². The molecule has 64 valence electrons. The number of hydrogen-bond acceptors (Lipinski definition) is 0. The van der Waals surface area contributed by atoms with Crippen molar-refractivity contribution >= 4 is 6.08 Å². The lowest BCUT2D eigenvalue weighted by Crippen LogP contribution is -1.88. The maximum atomic E-state index is 3.81. The molecule has 0 bridgehead atoms. The first-order valence-corrected chi connectivity index (χ1v) is 4.56. The van der Waals surface area contributed by atoms with E-state index in [1.54, 1.807) is 0 Å². The van der Waals surface area contributed by atoms with Crippen molar-refractivity contribution < 1.29 is 0 Å². The molecule has 12 heavy (non-hydrogen) atoms. The second-order valence-corrected chi connectivity index (χ2v) is 2.94. The van der Waals surface area contributed by atoms with Gasteiger partial charge in [-0.1, -0.05) is 44.7 Å². The van der Waals surface area contributed by atoms with E-state index in [4.69, 9.17) is 0 Å². The van der Waals surface area contributed by atoms with Gasteiger partial charge in [-0.2, -0.15) is 0 Å². The topological polar surface area (TPSA) is 0 Å². The molecule has 0 spiro atoms. The largest absolute Gasteiger partial charge is 0.0985 e. The van der Waals surface area contributed by atoms with E-state index in [-0.39, 0.29) is 0 Å². The van der Waals surface area contributed by atoms with Crippen LogP contribution in [0.2, 0.25) is 0 Å².